The molecule has 26 heavy (non-hydrogen) atoms. The van der Waals surface area contributed by atoms with E-state index in [1.165, 1.54) is 6.92 Å². The molecule has 142 valence electrons. The summed E-state index contributed by atoms with van der Waals surface area (Å²) in [6, 6.07) is 12.9. The van der Waals surface area contributed by atoms with Crippen LogP contribution in [0.2, 0.25) is 0 Å². The maximum Gasteiger partial charge on any atom is 0.416 e. The zero-order valence-corrected chi connectivity index (χ0v) is 14.9. The fourth-order valence-corrected chi connectivity index (χ4v) is 3.53. The molecule has 4 nitrogen and oxygen atoms in total. The first-order chi connectivity index (χ1) is 12.0. The average Bonchev–Trinajstić information content (AvgIpc) is 2.59. The van der Waals surface area contributed by atoms with Gasteiger partial charge in [-0.15, -0.1) is 0 Å². The quantitative estimate of drug-likeness (QED) is 0.766. The van der Waals surface area contributed by atoms with E-state index in [-0.39, 0.29) is 6.54 Å². The van der Waals surface area contributed by atoms with Gasteiger partial charge in [0.05, 0.1) is 16.1 Å². The highest BCUT2D eigenvalue weighted by Gasteiger charge is 2.32. The van der Waals surface area contributed by atoms with Gasteiger partial charge in [-0.2, -0.15) is 13.2 Å². The van der Waals surface area contributed by atoms with E-state index < -0.39 is 32.3 Å². The van der Waals surface area contributed by atoms with Crippen molar-refractivity contribution in [3.63, 3.8) is 0 Å². The van der Waals surface area contributed by atoms with Crippen molar-refractivity contribution >= 4 is 10.0 Å². The van der Waals surface area contributed by atoms with Gasteiger partial charge in [0.1, 0.15) is 0 Å². The average molecular weight is 387 g/mol. The second-order valence-electron chi connectivity index (χ2n) is 6.33. The second-order valence-corrected chi connectivity index (χ2v) is 8.10. The number of sulfonamides is 1. The third kappa shape index (κ3) is 5.82. The normalized spacial score (nSPS) is 14.8. The molecule has 0 spiro atoms. The molecule has 2 rings (SSSR count). The molecule has 0 bridgehead atoms. The maximum absolute atomic E-state index is 12.7. The number of hydrogen-bond donors (Lipinski definition) is 2. The van der Waals surface area contributed by atoms with E-state index in [1.807, 2.05) is 30.3 Å². The first-order valence-corrected chi connectivity index (χ1v) is 9.41. The summed E-state index contributed by atoms with van der Waals surface area (Å²) in [5, 5.41) is 10.4. The van der Waals surface area contributed by atoms with Crippen molar-refractivity contribution in [1.82, 2.24) is 4.72 Å². The van der Waals surface area contributed by atoms with Gasteiger partial charge in [0.2, 0.25) is 10.0 Å². The first kappa shape index (κ1) is 20.4. The molecule has 0 aliphatic carbocycles. The largest absolute Gasteiger partial charge is 0.416 e. The summed E-state index contributed by atoms with van der Waals surface area (Å²) in [6.45, 7) is 1.17. The lowest BCUT2D eigenvalue weighted by molar-refractivity contribution is -0.137. The van der Waals surface area contributed by atoms with E-state index in [1.54, 1.807) is 0 Å². The van der Waals surface area contributed by atoms with Gasteiger partial charge >= 0.3 is 6.18 Å². The van der Waals surface area contributed by atoms with Crippen LogP contribution in [-0.2, 0) is 22.6 Å². The maximum atomic E-state index is 12.7. The Morgan fingerprint density at radius 3 is 2.31 bits per heavy atom. The van der Waals surface area contributed by atoms with Gasteiger partial charge in [0.25, 0.3) is 0 Å². The monoisotopic (exact) mass is 387 g/mol. The molecule has 0 radical (unpaired) electrons. The van der Waals surface area contributed by atoms with Crippen LogP contribution in [0, 0.1) is 0 Å². The van der Waals surface area contributed by atoms with E-state index >= 15 is 0 Å². The van der Waals surface area contributed by atoms with Crippen LogP contribution in [0.1, 0.15) is 24.5 Å². The van der Waals surface area contributed by atoms with Gasteiger partial charge in [-0.3, -0.25) is 0 Å². The number of aliphatic hydroxyl groups is 1. The van der Waals surface area contributed by atoms with Crippen molar-refractivity contribution in [2.45, 2.75) is 36.4 Å². The smallest absolute Gasteiger partial charge is 0.389 e. The number of hydrogen-bond acceptors (Lipinski definition) is 3. The molecule has 0 aliphatic heterocycles. The van der Waals surface area contributed by atoms with Crippen molar-refractivity contribution in [2.24, 2.45) is 0 Å². The minimum Gasteiger partial charge on any atom is -0.389 e. The molecule has 0 saturated heterocycles. The van der Waals surface area contributed by atoms with Gasteiger partial charge in [-0.1, -0.05) is 36.4 Å². The Bertz CT molecular complexity index is 834. The second kappa shape index (κ2) is 7.77. The van der Waals surface area contributed by atoms with Crippen molar-refractivity contribution in [3.8, 4) is 0 Å². The van der Waals surface area contributed by atoms with Crippen LogP contribution in [-0.4, -0.2) is 25.7 Å². The molecule has 0 fully saturated rings. The molecule has 0 saturated carbocycles. The summed E-state index contributed by atoms with van der Waals surface area (Å²) in [7, 11) is -4.17. The predicted octanol–water partition coefficient (Wildman–Crippen LogP) is 3.37. The van der Waals surface area contributed by atoms with Crippen molar-refractivity contribution in [2.75, 3.05) is 6.54 Å². The predicted molar refractivity (Wildman–Crippen MR) is 92.0 cm³/mol. The molecule has 0 aliphatic rings. The number of benzene rings is 2. The fraction of sp³-hybridized carbons (Fsp3) is 0.333. The molecular formula is C18H20F3NO3S. The van der Waals surface area contributed by atoms with Crippen LogP contribution in [0.25, 0.3) is 0 Å². The van der Waals surface area contributed by atoms with E-state index in [9.17, 15) is 26.7 Å². The topological polar surface area (TPSA) is 66.4 Å². The lowest BCUT2D eigenvalue weighted by Gasteiger charge is -2.23. The minimum absolute atomic E-state index is 0.294. The Hall–Kier alpha value is -1.90. The first-order valence-electron chi connectivity index (χ1n) is 7.93. The third-order valence-electron chi connectivity index (χ3n) is 3.91. The molecule has 0 heterocycles. The van der Waals surface area contributed by atoms with Crippen molar-refractivity contribution in [3.05, 3.63) is 65.7 Å². The summed E-state index contributed by atoms with van der Waals surface area (Å²) >= 11 is 0. The Labute approximate surface area is 150 Å². The van der Waals surface area contributed by atoms with Gasteiger partial charge < -0.3 is 5.11 Å². The van der Waals surface area contributed by atoms with Crippen LogP contribution in [0.15, 0.2) is 59.5 Å². The van der Waals surface area contributed by atoms with Crippen LogP contribution in [0.5, 0.6) is 0 Å². The molecule has 8 heteroatoms. The molecule has 0 aromatic heterocycles. The Balaban J connectivity index is 2.02. The van der Waals surface area contributed by atoms with Gasteiger partial charge in [0, 0.05) is 6.54 Å². The van der Waals surface area contributed by atoms with Crippen LogP contribution in [0.3, 0.4) is 0 Å². The highest BCUT2D eigenvalue weighted by molar-refractivity contribution is 7.89. The van der Waals surface area contributed by atoms with Gasteiger partial charge in [0.15, 0.2) is 0 Å². The van der Waals surface area contributed by atoms with E-state index in [0.29, 0.717) is 18.9 Å². The number of halogens is 3. The zero-order valence-electron chi connectivity index (χ0n) is 14.1. The van der Waals surface area contributed by atoms with Crippen LogP contribution < -0.4 is 4.72 Å². The van der Waals surface area contributed by atoms with E-state index in [4.69, 9.17) is 0 Å². The lowest BCUT2D eigenvalue weighted by Crippen LogP contribution is -2.41. The van der Waals surface area contributed by atoms with E-state index in [2.05, 4.69) is 4.72 Å². The van der Waals surface area contributed by atoms with E-state index in [0.717, 1.165) is 23.8 Å². The van der Waals surface area contributed by atoms with Crippen LogP contribution >= 0.6 is 0 Å². The minimum atomic E-state index is -4.63. The highest BCUT2D eigenvalue weighted by Crippen LogP contribution is 2.30. The SMILES string of the molecule is CC(O)(CCc1ccccc1)CNS(=O)(=O)c1cccc(C(F)(F)F)c1. The Morgan fingerprint density at radius 1 is 1.04 bits per heavy atom. The van der Waals surface area contributed by atoms with Crippen molar-refractivity contribution < 1.29 is 26.7 Å². The summed E-state index contributed by atoms with van der Waals surface area (Å²) in [6.07, 6.45) is -3.80. The molecule has 2 aromatic carbocycles. The van der Waals surface area contributed by atoms with Crippen LogP contribution in [0.4, 0.5) is 13.2 Å². The fourth-order valence-electron chi connectivity index (χ4n) is 2.32. The summed E-state index contributed by atoms with van der Waals surface area (Å²) in [4.78, 5) is -0.494. The zero-order chi connectivity index (χ0) is 19.4. The number of aryl methyl sites for hydroxylation is 1. The Kier molecular flexibility index (Phi) is 6.10. The molecule has 2 aromatic rings. The molecule has 1 unspecified atom stereocenters. The number of alkyl halides is 3. The standard InChI is InChI=1S/C18H20F3NO3S/c1-17(23,11-10-14-6-3-2-4-7-14)13-22-26(24,25)16-9-5-8-15(12-16)18(19,20)21/h2-9,12,22-23H,10-11,13H2,1H3. The lowest BCUT2D eigenvalue weighted by atomic mass is 9.97. The molecule has 2 N–H and O–H groups in total. The van der Waals surface area contributed by atoms with Gasteiger partial charge in [-0.05, 0) is 43.5 Å². The molecule has 1 atom stereocenters. The molecule has 0 amide bonds. The summed E-state index contributed by atoms with van der Waals surface area (Å²) < 4.78 is 64.9. The van der Waals surface area contributed by atoms with Crippen molar-refractivity contribution in [1.29, 1.82) is 0 Å². The highest BCUT2D eigenvalue weighted by atomic mass is 32.2. The van der Waals surface area contributed by atoms with Gasteiger partial charge in [-0.25, -0.2) is 13.1 Å². The summed E-state index contributed by atoms with van der Waals surface area (Å²) in [5.74, 6) is 0. The number of rotatable bonds is 7. The molecular weight excluding hydrogens is 367 g/mol. The Morgan fingerprint density at radius 2 is 1.69 bits per heavy atom. The number of nitrogens with one attached hydrogen (secondary N) is 1. The third-order valence-corrected chi connectivity index (χ3v) is 5.31. The summed E-state index contributed by atoms with van der Waals surface area (Å²) in [5.41, 5.74) is -1.39.